The van der Waals surface area contributed by atoms with E-state index in [1.165, 1.54) is 0 Å². The number of hydrogen-bond donors (Lipinski definition) is 2. The normalized spacial score (nSPS) is 15.2. The molecular weight excluding hydrogens is 272 g/mol. The molecular formula is C14H14N4OS. The fraction of sp³-hybridized carbons (Fsp3) is 0.214. The maximum absolute atomic E-state index is 11.6. The van der Waals surface area contributed by atoms with Gasteiger partial charge in [0, 0.05) is 24.7 Å². The zero-order chi connectivity index (χ0) is 14.1. The van der Waals surface area contributed by atoms with Crippen molar-refractivity contribution >= 4 is 39.7 Å². The highest BCUT2D eigenvalue weighted by molar-refractivity contribution is 7.80. The molecule has 3 rings (SSSR count). The first kappa shape index (κ1) is 12.8. The molecule has 3 N–H and O–H groups in total. The van der Waals surface area contributed by atoms with Gasteiger partial charge in [-0.1, -0.05) is 30.4 Å². The van der Waals surface area contributed by atoms with Crippen LogP contribution in [0.3, 0.4) is 0 Å². The third-order valence-electron chi connectivity index (χ3n) is 3.37. The van der Waals surface area contributed by atoms with E-state index in [9.17, 15) is 4.79 Å². The second-order valence-corrected chi connectivity index (χ2v) is 5.11. The fourth-order valence-corrected chi connectivity index (χ4v) is 2.63. The number of nitrogens with two attached hydrogens (primary N) is 1. The van der Waals surface area contributed by atoms with Gasteiger partial charge in [0.25, 0.3) is 0 Å². The summed E-state index contributed by atoms with van der Waals surface area (Å²) in [4.78, 5) is 18.3. The molecule has 20 heavy (non-hydrogen) atoms. The predicted molar refractivity (Wildman–Crippen MR) is 82.9 cm³/mol. The Morgan fingerprint density at radius 3 is 2.95 bits per heavy atom. The van der Waals surface area contributed by atoms with E-state index in [-0.39, 0.29) is 5.91 Å². The molecule has 2 aromatic rings. The molecule has 0 bridgehead atoms. The van der Waals surface area contributed by atoms with Crippen molar-refractivity contribution in [2.24, 2.45) is 5.73 Å². The van der Waals surface area contributed by atoms with E-state index in [2.05, 4.69) is 10.3 Å². The van der Waals surface area contributed by atoms with Gasteiger partial charge in [-0.3, -0.25) is 9.78 Å². The number of amides is 1. The van der Waals surface area contributed by atoms with Gasteiger partial charge in [-0.25, -0.2) is 0 Å². The summed E-state index contributed by atoms with van der Waals surface area (Å²) in [6.07, 6.45) is 1.69. The molecule has 6 heteroatoms. The van der Waals surface area contributed by atoms with Crippen molar-refractivity contribution in [2.75, 3.05) is 24.5 Å². The van der Waals surface area contributed by atoms with Crippen LogP contribution in [0.4, 0.5) is 5.69 Å². The Kier molecular flexibility index (Phi) is 3.23. The standard InChI is InChI=1S/C14H14N4OS/c15-14(20)10-7-17-11-4-2-1-3-9(11)13(10)18-6-5-16-12(19)8-18/h1-4,7H,5-6,8H2,(H2,15,20)(H,16,19). The summed E-state index contributed by atoms with van der Waals surface area (Å²) in [5.41, 5.74) is 8.30. The van der Waals surface area contributed by atoms with Crippen molar-refractivity contribution in [3.8, 4) is 0 Å². The molecule has 1 saturated heterocycles. The van der Waals surface area contributed by atoms with Crippen molar-refractivity contribution in [1.82, 2.24) is 10.3 Å². The highest BCUT2D eigenvalue weighted by Gasteiger charge is 2.22. The molecule has 1 aliphatic heterocycles. The van der Waals surface area contributed by atoms with Crippen LogP contribution < -0.4 is 16.0 Å². The van der Waals surface area contributed by atoms with Gasteiger partial charge in [0.15, 0.2) is 0 Å². The van der Waals surface area contributed by atoms with Crippen LogP contribution in [-0.4, -0.2) is 35.5 Å². The Bertz CT molecular complexity index is 701. The first-order valence-corrected chi connectivity index (χ1v) is 6.77. The number of anilines is 1. The van der Waals surface area contributed by atoms with Crippen molar-refractivity contribution < 1.29 is 4.79 Å². The van der Waals surface area contributed by atoms with E-state index in [4.69, 9.17) is 18.0 Å². The molecule has 1 aliphatic rings. The number of rotatable bonds is 2. The van der Waals surface area contributed by atoms with Gasteiger partial charge in [0.1, 0.15) is 4.99 Å². The van der Waals surface area contributed by atoms with Gasteiger partial charge >= 0.3 is 0 Å². The van der Waals surface area contributed by atoms with Crippen molar-refractivity contribution in [1.29, 1.82) is 0 Å². The minimum Gasteiger partial charge on any atom is -0.389 e. The highest BCUT2D eigenvalue weighted by Crippen LogP contribution is 2.29. The minimum atomic E-state index is 0.00559. The second kappa shape index (κ2) is 5.05. The molecule has 0 unspecified atom stereocenters. The van der Waals surface area contributed by atoms with Gasteiger partial charge in [-0.15, -0.1) is 0 Å². The lowest BCUT2D eigenvalue weighted by atomic mass is 10.1. The Labute approximate surface area is 121 Å². The first-order chi connectivity index (χ1) is 9.66. The molecule has 102 valence electrons. The smallest absolute Gasteiger partial charge is 0.239 e. The molecule has 0 atom stereocenters. The molecule has 0 radical (unpaired) electrons. The summed E-state index contributed by atoms with van der Waals surface area (Å²) in [5.74, 6) is 0.00559. The maximum Gasteiger partial charge on any atom is 0.239 e. The van der Waals surface area contributed by atoms with E-state index in [0.717, 1.165) is 23.1 Å². The van der Waals surface area contributed by atoms with Gasteiger partial charge in [0.2, 0.25) is 5.91 Å². The fourth-order valence-electron chi connectivity index (χ4n) is 2.48. The van der Waals surface area contributed by atoms with Crippen LogP contribution in [0, 0.1) is 0 Å². The van der Waals surface area contributed by atoms with Crippen LogP contribution in [0.15, 0.2) is 30.5 Å². The highest BCUT2D eigenvalue weighted by atomic mass is 32.1. The van der Waals surface area contributed by atoms with E-state index >= 15 is 0 Å². The average molecular weight is 286 g/mol. The number of aromatic nitrogens is 1. The summed E-state index contributed by atoms with van der Waals surface area (Å²) in [6, 6.07) is 7.79. The van der Waals surface area contributed by atoms with Crippen LogP contribution >= 0.6 is 12.2 Å². The number of thiocarbonyl (C=S) groups is 1. The number of benzene rings is 1. The number of hydrogen-bond acceptors (Lipinski definition) is 4. The zero-order valence-electron chi connectivity index (χ0n) is 10.8. The van der Waals surface area contributed by atoms with Gasteiger partial charge in [-0.2, -0.15) is 0 Å². The van der Waals surface area contributed by atoms with Crippen LogP contribution in [0.25, 0.3) is 10.9 Å². The van der Waals surface area contributed by atoms with Crippen molar-refractivity contribution in [2.45, 2.75) is 0 Å². The predicted octanol–water partition coefficient (Wildman–Crippen LogP) is 0.805. The summed E-state index contributed by atoms with van der Waals surface area (Å²) < 4.78 is 0. The molecule has 0 aliphatic carbocycles. The number of para-hydroxylation sites is 1. The third-order valence-corrected chi connectivity index (χ3v) is 3.59. The van der Waals surface area contributed by atoms with Gasteiger partial charge in [0.05, 0.1) is 23.3 Å². The third kappa shape index (κ3) is 2.18. The summed E-state index contributed by atoms with van der Waals surface area (Å²) in [6.45, 7) is 1.66. The molecule has 2 heterocycles. The van der Waals surface area contributed by atoms with Crippen LogP contribution in [0.5, 0.6) is 0 Å². The largest absolute Gasteiger partial charge is 0.389 e. The number of nitrogens with one attached hydrogen (secondary N) is 1. The van der Waals surface area contributed by atoms with Crippen molar-refractivity contribution in [3.63, 3.8) is 0 Å². The summed E-state index contributed by atoms with van der Waals surface area (Å²) in [7, 11) is 0. The number of carbonyl (C=O) groups is 1. The average Bonchev–Trinajstić information content (AvgIpc) is 2.46. The molecule has 0 spiro atoms. The Morgan fingerprint density at radius 2 is 2.20 bits per heavy atom. The van der Waals surface area contributed by atoms with Crippen LogP contribution in [0.1, 0.15) is 5.56 Å². The number of piperazine rings is 1. The lowest BCUT2D eigenvalue weighted by Gasteiger charge is -2.31. The Balaban J connectivity index is 2.21. The van der Waals surface area contributed by atoms with E-state index in [1.807, 2.05) is 29.2 Å². The monoisotopic (exact) mass is 286 g/mol. The molecule has 1 aromatic carbocycles. The quantitative estimate of drug-likeness (QED) is 0.799. The van der Waals surface area contributed by atoms with E-state index < -0.39 is 0 Å². The molecule has 1 amide bonds. The summed E-state index contributed by atoms with van der Waals surface area (Å²) >= 11 is 5.12. The molecule has 1 fully saturated rings. The van der Waals surface area contributed by atoms with Crippen molar-refractivity contribution in [3.05, 3.63) is 36.0 Å². The number of pyridine rings is 1. The zero-order valence-corrected chi connectivity index (χ0v) is 11.6. The van der Waals surface area contributed by atoms with Crippen LogP contribution in [0.2, 0.25) is 0 Å². The lowest BCUT2D eigenvalue weighted by Crippen LogP contribution is -2.48. The maximum atomic E-state index is 11.6. The number of fused-ring (bicyclic) bond motifs is 1. The Hall–Kier alpha value is -2.21. The SMILES string of the molecule is NC(=S)c1cnc2ccccc2c1N1CCNC(=O)C1. The second-order valence-electron chi connectivity index (χ2n) is 4.67. The number of nitrogens with zero attached hydrogens (tertiary/aromatic N) is 2. The topological polar surface area (TPSA) is 71.2 Å². The molecule has 1 aromatic heterocycles. The minimum absolute atomic E-state index is 0.00559. The molecule has 0 saturated carbocycles. The van der Waals surface area contributed by atoms with Gasteiger partial charge < -0.3 is 16.0 Å². The van der Waals surface area contributed by atoms with Gasteiger partial charge in [-0.05, 0) is 6.07 Å². The molecule has 5 nitrogen and oxygen atoms in total. The summed E-state index contributed by atoms with van der Waals surface area (Å²) in [5, 5.41) is 3.78. The van der Waals surface area contributed by atoms with E-state index in [0.29, 0.717) is 23.6 Å². The van der Waals surface area contributed by atoms with E-state index in [1.54, 1.807) is 6.20 Å². The first-order valence-electron chi connectivity index (χ1n) is 6.36. The number of carbonyl (C=O) groups excluding carboxylic acids is 1. The lowest BCUT2D eigenvalue weighted by molar-refractivity contribution is -0.120. The van der Waals surface area contributed by atoms with Crippen LogP contribution in [-0.2, 0) is 4.79 Å². The Morgan fingerprint density at radius 1 is 1.40 bits per heavy atom.